The van der Waals surface area contributed by atoms with Crippen LogP contribution in [0, 0.1) is 5.92 Å². The Labute approximate surface area is 85.4 Å². The first-order valence-corrected chi connectivity index (χ1v) is 5.11. The van der Waals surface area contributed by atoms with Crippen LogP contribution in [0.5, 0.6) is 0 Å². The third-order valence-electron chi connectivity index (χ3n) is 3.10. The summed E-state index contributed by atoms with van der Waals surface area (Å²) in [4.78, 5) is 11.4. The van der Waals surface area contributed by atoms with E-state index in [-0.39, 0.29) is 12.0 Å². The number of fused-ring (bicyclic) bond motifs is 1. The minimum Gasteiger partial charge on any atom is -0.333 e. The van der Waals surface area contributed by atoms with Gasteiger partial charge in [-0.15, -0.1) is 0 Å². The van der Waals surface area contributed by atoms with Gasteiger partial charge in [-0.3, -0.25) is 10.1 Å². The van der Waals surface area contributed by atoms with Crippen LogP contribution < -0.4 is 10.6 Å². The van der Waals surface area contributed by atoms with Crippen LogP contribution in [-0.2, 0) is 4.79 Å². The lowest BCUT2D eigenvalue weighted by atomic mass is 9.82. The Morgan fingerprint density at radius 1 is 1.20 bits per heavy atom. The lowest BCUT2D eigenvalue weighted by Gasteiger charge is -2.40. The number of carbonyl (C=O) groups is 1. The van der Waals surface area contributed by atoms with Gasteiger partial charge in [0.05, 0.1) is 5.92 Å². The number of hydrogen-bond acceptors (Lipinski definition) is 2. The summed E-state index contributed by atoms with van der Waals surface area (Å²) in [5.41, 5.74) is 0. The quantitative estimate of drug-likeness (QED) is 0.645. The molecule has 1 aliphatic heterocycles. The largest absolute Gasteiger partial charge is 0.422 e. The van der Waals surface area contributed by atoms with Crippen LogP contribution in [0.25, 0.3) is 0 Å². The summed E-state index contributed by atoms with van der Waals surface area (Å²) in [6, 6.07) is -0.306. The van der Waals surface area contributed by atoms with Crippen molar-refractivity contribution in [3.63, 3.8) is 0 Å². The summed E-state index contributed by atoms with van der Waals surface area (Å²) < 4.78 is 37.2. The Morgan fingerprint density at radius 3 is 2.53 bits per heavy atom. The van der Waals surface area contributed by atoms with E-state index in [1.54, 1.807) is 0 Å². The number of carbonyl (C=O) groups excluding carboxylic acids is 1. The van der Waals surface area contributed by atoms with Crippen molar-refractivity contribution in [3.05, 3.63) is 0 Å². The molecule has 2 N–H and O–H groups in total. The number of nitrogens with one attached hydrogen (secondary N) is 2. The van der Waals surface area contributed by atoms with Gasteiger partial charge in [-0.2, -0.15) is 13.2 Å². The first kappa shape index (κ1) is 10.7. The second kappa shape index (κ2) is 3.66. The van der Waals surface area contributed by atoms with Crippen LogP contribution in [0.1, 0.15) is 25.7 Å². The Kier molecular flexibility index (Phi) is 2.62. The molecule has 0 aromatic heterocycles. The van der Waals surface area contributed by atoms with E-state index in [1.807, 2.05) is 5.32 Å². The van der Waals surface area contributed by atoms with Crippen LogP contribution in [0.2, 0.25) is 0 Å². The SMILES string of the molecule is O=C1NC(C(F)(F)F)NC2CCCCC12. The highest BCUT2D eigenvalue weighted by Gasteiger charge is 2.48. The fourth-order valence-electron chi connectivity index (χ4n) is 2.33. The van der Waals surface area contributed by atoms with E-state index in [2.05, 4.69) is 5.32 Å². The van der Waals surface area contributed by atoms with Crippen LogP contribution in [0.15, 0.2) is 0 Å². The maximum Gasteiger partial charge on any atom is 0.422 e. The van der Waals surface area contributed by atoms with Gasteiger partial charge in [0.1, 0.15) is 0 Å². The molecule has 0 spiro atoms. The topological polar surface area (TPSA) is 41.1 Å². The molecule has 1 amide bonds. The molecule has 3 nitrogen and oxygen atoms in total. The lowest BCUT2D eigenvalue weighted by Crippen LogP contribution is -2.66. The molecular weight excluding hydrogens is 209 g/mol. The molecule has 0 bridgehead atoms. The van der Waals surface area contributed by atoms with Crippen molar-refractivity contribution >= 4 is 5.91 Å². The minimum absolute atomic E-state index is 0.280. The van der Waals surface area contributed by atoms with Gasteiger partial charge < -0.3 is 5.32 Å². The van der Waals surface area contributed by atoms with Crippen molar-refractivity contribution in [1.29, 1.82) is 0 Å². The highest BCUT2D eigenvalue weighted by atomic mass is 19.4. The Balaban J connectivity index is 2.08. The third kappa shape index (κ3) is 2.09. The standard InChI is InChI=1S/C9H13F3N2O/c10-9(11,12)8-13-6-4-2-1-3-5(6)7(15)14-8/h5-6,8,13H,1-4H2,(H,14,15). The van der Waals surface area contributed by atoms with E-state index in [9.17, 15) is 18.0 Å². The van der Waals surface area contributed by atoms with Crippen molar-refractivity contribution in [2.24, 2.45) is 5.92 Å². The first-order chi connectivity index (χ1) is 6.98. The number of amides is 1. The lowest BCUT2D eigenvalue weighted by molar-refractivity contribution is -0.179. The van der Waals surface area contributed by atoms with Crippen LogP contribution in [-0.4, -0.2) is 24.3 Å². The van der Waals surface area contributed by atoms with Crippen LogP contribution >= 0.6 is 0 Å². The maximum atomic E-state index is 12.4. The van der Waals surface area contributed by atoms with Gasteiger partial charge in [-0.1, -0.05) is 12.8 Å². The second-order valence-electron chi connectivity index (χ2n) is 4.15. The average molecular weight is 222 g/mol. The molecule has 2 rings (SSSR count). The summed E-state index contributed by atoms with van der Waals surface area (Å²) in [7, 11) is 0. The molecule has 86 valence electrons. The van der Waals surface area contributed by atoms with E-state index in [0.29, 0.717) is 12.8 Å². The Hall–Kier alpha value is -0.780. The second-order valence-corrected chi connectivity index (χ2v) is 4.15. The van der Waals surface area contributed by atoms with Crippen molar-refractivity contribution in [3.8, 4) is 0 Å². The van der Waals surface area contributed by atoms with Gasteiger partial charge in [-0.25, -0.2) is 0 Å². The summed E-state index contributed by atoms with van der Waals surface area (Å²) in [6.45, 7) is 0. The fraction of sp³-hybridized carbons (Fsp3) is 0.889. The van der Waals surface area contributed by atoms with Crippen molar-refractivity contribution in [2.75, 3.05) is 0 Å². The molecule has 1 saturated heterocycles. The summed E-state index contributed by atoms with van der Waals surface area (Å²) in [5, 5.41) is 4.45. The molecule has 1 saturated carbocycles. The molecule has 2 aliphatic rings. The Bertz CT molecular complexity index is 267. The molecule has 0 aromatic carbocycles. The van der Waals surface area contributed by atoms with E-state index < -0.39 is 18.2 Å². The van der Waals surface area contributed by atoms with Crippen molar-refractivity contribution < 1.29 is 18.0 Å². The molecule has 3 unspecified atom stereocenters. The summed E-state index contributed by atoms with van der Waals surface area (Å²) >= 11 is 0. The zero-order chi connectivity index (χ0) is 11.1. The van der Waals surface area contributed by atoms with Gasteiger partial charge in [0.2, 0.25) is 5.91 Å². The summed E-state index contributed by atoms with van der Waals surface area (Å²) in [6.07, 6.45) is -3.11. The molecule has 0 radical (unpaired) electrons. The van der Waals surface area contributed by atoms with Gasteiger partial charge >= 0.3 is 6.18 Å². The zero-order valence-corrected chi connectivity index (χ0v) is 8.10. The highest BCUT2D eigenvalue weighted by molar-refractivity contribution is 5.80. The monoisotopic (exact) mass is 222 g/mol. The highest BCUT2D eigenvalue weighted by Crippen LogP contribution is 2.30. The molecule has 1 aliphatic carbocycles. The number of alkyl halides is 3. The average Bonchev–Trinajstić information content (AvgIpc) is 2.16. The molecule has 6 heteroatoms. The summed E-state index contributed by atoms with van der Waals surface area (Å²) in [5.74, 6) is -0.738. The normalized spacial score (nSPS) is 37.0. The molecule has 3 atom stereocenters. The van der Waals surface area contributed by atoms with Gasteiger partial charge in [0.15, 0.2) is 6.17 Å². The smallest absolute Gasteiger partial charge is 0.333 e. The molecule has 1 heterocycles. The predicted octanol–water partition coefficient (Wildman–Crippen LogP) is 1.15. The maximum absolute atomic E-state index is 12.4. The van der Waals surface area contributed by atoms with Crippen molar-refractivity contribution in [2.45, 2.75) is 44.1 Å². The number of hydrogen-bond donors (Lipinski definition) is 2. The van der Waals surface area contributed by atoms with Crippen LogP contribution in [0.4, 0.5) is 13.2 Å². The van der Waals surface area contributed by atoms with Crippen LogP contribution in [0.3, 0.4) is 0 Å². The predicted molar refractivity (Wildman–Crippen MR) is 46.9 cm³/mol. The fourth-order valence-corrected chi connectivity index (χ4v) is 2.33. The van der Waals surface area contributed by atoms with Crippen molar-refractivity contribution in [1.82, 2.24) is 10.6 Å². The molecular formula is C9H13F3N2O. The van der Waals surface area contributed by atoms with E-state index in [4.69, 9.17) is 0 Å². The minimum atomic E-state index is -4.40. The van der Waals surface area contributed by atoms with E-state index in [1.165, 1.54) is 0 Å². The third-order valence-corrected chi connectivity index (χ3v) is 3.10. The molecule has 0 aromatic rings. The zero-order valence-electron chi connectivity index (χ0n) is 8.10. The van der Waals surface area contributed by atoms with Gasteiger partial charge in [-0.05, 0) is 12.8 Å². The molecule has 15 heavy (non-hydrogen) atoms. The Morgan fingerprint density at radius 2 is 1.87 bits per heavy atom. The van der Waals surface area contributed by atoms with E-state index >= 15 is 0 Å². The number of halogens is 3. The van der Waals surface area contributed by atoms with Gasteiger partial charge in [0.25, 0.3) is 0 Å². The number of rotatable bonds is 0. The molecule has 2 fully saturated rings. The van der Waals surface area contributed by atoms with E-state index in [0.717, 1.165) is 12.8 Å². The first-order valence-electron chi connectivity index (χ1n) is 5.11. The van der Waals surface area contributed by atoms with Gasteiger partial charge in [0, 0.05) is 6.04 Å².